The number of rotatable bonds is 5. The van der Waals surface area contributed by atoms with Gasteiger partial charge in [0.15, 0.2) is 0 Å². The van der Waals surface area contributed by atoms with Crippen molar-refractivity contribution in [2.24, 2.45) is 0 Å². The zero-order valence-corrected chi connectivity index (χ0v) is 19.6. The smallest absolute Gasteiger partial charge is 0.328 e. The first-order valence-corrected chi connectivity index (χ1v) is 11.2. The van der Waals surface area contributed by atoms with E-state index in [2.05, 4.69) is 10.6 Å². The number of nitrogens with one attached hydrogen (secondary N) is 2. The first-order valence-electron chi connectivity index (χ1n) is 11.2. The molecule has 3 aromatic carbocycles. The molecule has 1 amide bonds. The second-order valence-corrected chi connectivity index (χ2v) is 8.27. The van der Waals surface area contributed by atoms with Crippen LogP contribution in [0.25, 0.3) is 0 Å². The zero-order chi connectivity index (χ0) is 26.5. The fourth-order valence-corrected chi connectivity index (χ4v) is 3.96. The molecule has 3 aromatic rings. The number of fused-ring (bicyclic) bond motifs is 7. The van der Waals surface area contributed by atoms with E-state index in [-0.39, 0.29) is 30.0 Å². The summed E-state index contributed by atoms with van der Waals surface area (Å²) in [7, 11) is 1.21. The van der Waals surface area contributed by atoms with Gasteiger partial charge in [-0.1, -0.05) is 42.5 Å². The third-order valence-corrected chi connectivity index (χ3v) is 5.79. The van der Waals surface area contributed by atoms with Crippen LogP contribution in [0.4, 0.5) is 17.1 Å². The van der Waals surface area contributed by atoms with Crippen LogP contribution in [0.1, 0.15) is 11.1 Å². The molecule has 0 fully saturated rings. The lowest BCUT2D eigenvalue weighted by Gasteiger charge is -2.24. The normalized spacial score (nSPS) is 16.9. The number of carbonyl (C=O) groups excluding carboxylic acids is 2. The van der Waals surface area contributed by atoms with E-state index < -0.39 is 45.2 Å². The summed E-state index contributed by atoms with van der Waals surface area (Å²) in [4.78, 5) is 47.9. The number of nitro benzene ring substituents is 2. The summed E-state index contributed by atoms with van der Waals surface area (Å²) in [6.07, 6.45) is 0.195. The van der Waals surface area contributed by atoms with E-state index in [1.807, 2.05) is 0 Å². The number of nitrogens with zero attached hydrogens (tertiary/aromatic N) is 2. The highest BCUT2D eigenvalue weighted by Crippen LogP contribution is 2.40. The molecular formula is C25H22N4O8. The number of hydrogen-bond acceptors (Lipinski definition) is 9. The Morgan fingerprint density at radius 2 is 1.68 bits per heavy atom. The van der Waals surface area contributed by atoms with E-state index in [9.17, 15) is 29.8 Å². The van der Waals surface area contributed by atoms with Gasteiger partial charge in [-0.25, -0.2) is 4.79 Å². The molecule has 4 bridgehead atoms. The largest absolute Gasteiger partial charge is 0.467 e. The van der Waals surface area contributed by atoms with Crippen LogP contribution in [0.5, 0.6) is 11.5 Å². The van der Waals surface area contributed by atoms with Gasteiger partial charge in [0.1, 0.15) is 23.5 Å². The van der Waals surface area contributed by atoms with E-state index in [0.717, 1.165) is 17.7 Å². The number of esters is 1. The van der Waals surface area contributed by atoms with Crippen LogP contribution in [0, 0.1) is 20.2 Å². The van der Waals surface area contributed by atoms with Crippen LogP contribution in [-0.4, -0.2) is 40.9 Å². The average molecular weight is 506 g/mol. The molecule has 2 aliphatic heterocycles. The molecule has 0 aromatic heterocycles. The summed E-state index contributed by atoms with van der Waals surface area (Å²) in [5.41, 5.74) is 0.0263. The molecule has 2 aliphatic rings. The first kappa shape index (κ1) is 25.1. The molecule has 2 N–H and O–H groups in total. The third kappa shape index (κ3) is 5.81. The van der Waals surface area contributed by atoms with Gasteiger partial charge in [0.2, 0.25) is 11.7 Å². The maximum Gasteiger partial charge on any atom is 0.328 e. The minimum absolute atomic E-state index is 0.0959. The number of methoxy groups -OCH3 is 1. The molecule has 2 heterocycles. The van der Waals surface area contributed by atoms with Crippen LogP contribution in [0.15, 0.2) is 66.7 Å². The van der Waals surface area contributed by atoms with E-state index >= 15 is 0 Å². The van der Waals surface area contributed by atoms with E-state index in [1.165, 1.54) is 19.2 Å². The SMILES string of the molecule is COC(=O)[C@@H]1Cc2ccc(cc2)Oc2cc(c([N+](=O)[O-])cc2[N+](=O)[O-])N[C@@H](Cc2ccccc2)C(=O)N1. The van der Waals surface area contributed by atoms with Gasteiger partial charge in [-0.3, -0.25) is 25.0 Å². The highest BCUT2D eigenvalue weighted by atomic mass is 16.6. The quantitative estimate of drug-likeness (QED) is 0.299. The summed E-state index contributed by atoms with van der Waals surface area (Å²) in [5.74, 6) is -1.29. The van der Waals surface area contributed by atoms with Crippen molar-refractivity contribution in [1.29, 1.82) is 0 Å². The Morgan fingerprint density at radius 1 is 1.00 bits per heavy atom. The summed E-state index contributed by atoms with van der Waals surface area (Å²) >= 11 is 0. The fraction of sp³-hybridized carbons (Fsp3) is 0.200. The Morgan fingerprint density at radius 3 is 2.30 bits per heavy atom. The molecule has 0 spiro atoms. The molecule has 0 saturated carbocycles. The predicted molar refractivity (Wildman–Crippen MR) is 131 cm³/mol. The van der Waals surface area contributed by atoms with Crippen LogP contribution in [-0.2, 0) is 27.2 Å². The molecule has 5 rings (SSSR count). The standard InChI is InChI=1S/C25H22N4O8/c1-36-25(31)20-12-16-7-9-17(10-8-16)37-23-13-18(21(28(32)33)14-22(23)29(34)35)26-19(24(30)27-20)11-15-5-3-2-4-6-15/h2-10,13-14,19-20,26H,11-12H2,1H3,(H,27,30)/t19-,20-/m0/s1. The van der Waals surface area contributed by atoms with Gasteiger partial charge in [-0.05, 0) is 23.3 Å². The van der Waals surface area contributed by atoms with Gasteiger partial charge in [0.05, 0.1) is 23.0 Å². The molecule has 0 saturated heterocycles. The van der Waals surface area contributed by atoms with E-state index in [1.54, 1.807) is 42.5 Å². The maximum absolute atomic E-state index is 13.4. The van der Waals surface area contributed by atoms with Gasteiger partial charge in [0.25, 0.3) is 5.69 Å². The summed E-state index contributed by atoms with van der Waals surface area (Å²) in [6, 6.07) is 15.0. The Labute approximate surface area is 210 Å². The lowest BCUT2D eigenvalue weighted by molar-refractivity contribution is -0.394. The van der Waals surface area contributed by atoms with Gasteiger partial charge in [-0.2, -0.15) is 0 Å². The molecule has 190 valence electrons. The van der Waals surface area contributed by atoms with Crippen LogP contribution in [0.3, 0.4) is 0 Å². The van der Waals surface area contributed by atoms with Crippen molar-refractivity contribution in [1.82, 2.24) is 5.32 Å². The third-order valence-electron chi connectivity index (χ3n) is 5.79. The maximum atomic E-state index is 13.4. The van der Waals surface area contributed by atoms with Crippen molar-refractivity contribution in [3.8, 4) is 11.5 Å². The van der Waals surface area contributed by atoms with Crippen molar-refractivity contribution < 1.29 is 28.9 Å². The molecule has 12 heteroatoms. The summed E-state index contributed by atoms with van der Waals surface area (Å²) in [6.45, 7) is 0. The number of ether oxygens (including phenoxy) is 2. The fourth-order valence-electron chi connectivity index (χ4n) is 3.96. The molecule has 0 radical (unpaired) electrons. The van der Waals surface area contributed by atoms with Crippen LogP contribution in [0.2, 0.25) is 0 Å². The lowest BCUT2D eigenvalue weighted by atomic mass is 10.0. The number of anilines is 1. The van der Waals surface area contributed by atoms with Crippen LogP contribution < -0.4 is 15.4 Å². The van der Waals surface area contributed by atoms with Crippen LogP contribution >= 0.6 is 0 Å². The lowest BCUT2D eigenvalue weighted by Crippen LogP contribution is -2.50. The first-order chi connectivity index (χ1) is 17.7. The summed E-state index contributed by atoms with van der Waals surface area (Å²) < 4.78 is 10.6. The second kappa shape index (κ2) is 10.7. The van der Waals surface area contributed by atoms with Gasteiger partial charge in [-0.15, -0.1) is 0 Å². The monoisotopic (exact) mass is 506 g/mol. The molecule has 2 atom stereocenters. The molecule has 0 unspecified atom stereocenters. The minimum Gasteiger partial charge on any atom is -0.467 e. The Kier molecular flexibility index (Phi) is 7.28. The number of hydrogen-bond donors (Lipinski definition) is 2. The Balaban J connectivity index is 1.86. The highest BCUT2D eigenvalue weighted by Gasteiger charge is 2.31. The molecule has 0 aliphatic carbocycles. The molecular weight excluding hydrogens is 484 g/mol. The number of benzene rings is 3. The number of amides is 1. The van der Waals surface area contributed by atoms with Crippen molar-refractivity contribution in [3.05, 3.63) is 98.1 Å². The van der Waals surface area contributed by atoms with Gasteiger partial charge < -0.3 is 20.1 Å². The molecule has 37 heavy (non-hydrogen) atoms. The predicted octanol–water partition coefficient (Wildman–Crippen LogP) is 3.53. The van der Waals surface area contributed by atoms with Crippen molar-refractivity contribution >= 4 is 28.9 Å². The van der Waals surface area contributed by atoms with E-state index in [0.29, 0.717) is 5.56 Å². The highest BCUT2D eigenvalue weighted by molar-refractivity contribution is 5.90. The summed E-state index contributed by atoms with van der Waals surface area (Å²) in [5, 5.41) is 29.0. The Hall–Kier alpha value is -5.00. The van der Waals surface area contributed by atoms with E-state index in [4.69, 9.17) is 9.47 Å². The molecule has 12 nitrogen and oxygen atoms in total. The number of nitro groups is 2. The van der Waals surface area contributed by atoms with Crippen molar-refractivity contribution in [2.75, 3.05) is 12.4 Å². The minimum atomic E-state index is -1.09. The Bertz CT molecular complexity index is 1340. The number of carbonyl (C=O) groups is 2. The zero-order valence-electron chi connectivity index (χ0n) is 19.6. The van der Waals surface area contributed by atoms with Gasteiger partial charge >= 0.3 is 11.7 Å². The average Bonchev–Trinajstić information content (AvgIpc) is 2.88. The van der Waals surface area contributed by atoms with Gasteiger partial charge in [0, 0.05) is 18.9 Å². The van der Waals surface area contributed by atoms with Crippen molar-refractivity contribution in [2.45, 2.75) is 24.9 Å². The topological polar surface area (TPSA) is 163 Å². The van der Waals surface area contributed by atoms with Crippen molar-refractivity contribution in [3.63, 3.8) is 0 Å². The second-order valence-electron chi connectivity index (χ2n) is 8.27.